The van der Waals surface area contributed by atoms with Crippen LogP contribution in [-0.2, 0) is 21.1 Å². The first-order valence-electron chi connectivity index (χ1n) is 9.03. The molecule has 1 aromatic carbocycles. The average Bonchev–Trinajstić information content (AvgIpc) is 3.23. The van der Waals surface area contributed by atoms with E-state index >= 15 is 0 Å². The van der Waals surface area contributed by atoms with Crippen molar-refractivity contribution in [3.05, 3.63) is 41.8 Å². The smallest absolute Gasteiger partial charge is 0.277 e. The summed E-state index contributed by atoms with van der Waals surface area (Å²) in [7, 11) is -2.93. The van der Waals surface area contributed by atoms with E-state index in [1.165, 1.54) is 11.8 Å². The van der Waals surface area contributed by atoms with Crippen molar-refractivity contribution in [1.29, 1.82) is 0 Å². The zero-order valence-electron chi connectivity index (χ0n) is 14.7. The van der Waals surface area contributed by atoms with Crippen molar-refractivity contribution in [2.45, 2.75) is 42.2 Å². The molecule has 1 N–H and O–H groups in total. The molecule has 1 amide bonds. The van der Waals surface area contributed by atoms with Gasteiger partial charge in [0.25, 0.3) is 5.22 Å². The molecule has 1 aliphatic heterocycles. The average molecular weight is 408 g/mol. The predicted octanol–water partition coefficient (Wildman–Crippen LogP) is 2.16. The van der Waals surface area contributed by atoms with Crippen molar-refractivity contribution in [2.75, 3.05) is 11.5 Å². The van der Waals surface area contributed by atoms with Crippen LogP contribution in [0.4, 0.5) is 0 Å². The molecule has 2 heterocycles. The highest BCUT2D eigenvalue weighted by atomic mass is 32.2. The molecule has 9 heteroatoms. The van der Waals surface area contributed by atoms with Gasteiger partial charge in [0.2, 0.25) is 11.8 Å². The first-order valence-corrected chi connectivity index (χ1v) is 11.7. The largest absolute Gasteiger partial charge is 0.416 e. The molecule has 27 heavy (non-hydrogen) atoms. The molecule has 0 radical (unpaired) electrons. The van der Waals surface area contributed by atoms with Gasteiger partial charge in [0.15, 0.2) is 9.84 Å². The fourth-order valence-electron chi connectivity index (χ4n) is 3.15. The van der Waals surface area contributed by atoms with Crippen LogP contribution in [0, 0.1) is 5.92 Å². The third kappa shape index (κ3) is 4.90. The van der Waals surface area contributed by atoms with Gasteiger partial charge in [-0.1, -0.05) is 30.3 Å². The van der Waals surface area contributed by atoms with Crippen LogP contribution >= 0.6 is 11.8 Å². The van der Waals surface area contributed by atoms with Gasteiger partial charge >= 0.3 is 0 Å². The summed E-state index contributed by atoms with van der Waals surface area (Å²) in [6.07, 6.45) is 3.13. The molecule has 0 unspecified atom stereocenters. The number of hydrogen-bond acceptors (Lipinski definition) is 7. The van der Waals surface area contributed by atoms with Gasteiger partial charge in [-0.3, -0.25) is 4.79 Å². The topological polar surface area (TPSA) is 102 Å². The fraction of sp³-hybridized carbons (Fsp3) is 0.500. The van der Waals surface area contributed by atoms with E-state index in [2.05, 4.69) is 15.5 Å². The molecule has 2 fully saturated rings. The van der Waals surface area contributed by atoms with Gasteiger partial charge in [0, 0.05) is 12.5 Å². The predicted molar refractivity (Wildman–Crippen MR) is 101 cm³/mol. The number of nitrogens with zero attached hydrogens (tertiary/aromatic N) is 2. The lowest BCUT2D eigenvalue weighted by molar-refractivity contribution is -0.120. The van der Waals surface area contributed by atoms with Gasteiger partial charge < -0.3 is 9.73 Å². The molecule has 2 aromatic rings. The number of benzene rings is 1. The molecular formula is C18H21N3O4S2. The maximum atomic E-state index is 12.7. The number of hydrogen-bond donors (Lipinski definition) is 1. The molecule has 4 rings (SSSR count). The second kappa shape index (κ2) is 7.63. The lowest BCUT2D eigenvalue weighted by Gasteiger charge is -2.14. The lowest BCUT2D eigenvalue weighted by Crippen LogP contribution is -2.29. The minimum Gasteiger partial charge on any atom is -0.416 e. The molecule has 1 saturated carbocycles. The highest BCUT2D eigenvalue weighted by molar-refractivity contribution is 8.00. The van der Waals surface area contributed by atoms with Crippen molar-refractivity contribution in [3.8, 4) is 0 Å². The lowest BCUT2D eigenvalue weighted by atomic mass is 10.1. The number of amides is 1. The van der Waals surface area contributed by atoms with Crippen molar-refractivity contribution >= 4 is 27.5 Å². The Morgan fingerprint density at radius 3 is 2.67 bits per heavy atom. The zero-order valence-corrected chi connectivity index (χ0v) is 16.3. The Kier molecular flexibility index (Phi) is 5.23. The summed E-state index contributed by atoms with van der Waals surface area (Å²) in [5.74, 6) is 0.791. The molecule has 0 bridgehead atoms. The zero-order chi connectivity index (χ0) is 18.9. The van der Waals surface area contributed by atoms with E-state index in [9.17, 15) is 13.2 Å². The summed E-state index contributed by atoms with van der Waals surface area (Å²) in [4.78, 5) is 12.7. The first-order chi connectivity index (χ1) is 13.0. The second-order valence-corrected chi connectivity index (χ2v) is 10.4. The first kappa shape index (κ1) is 18.5. The summed E-state index contributed by atoms with van der Waals surface area (Å²) in [5, 5.41) is 11.0. The van der Waals surface area contributed by atoms with Crippen molar-refractivity contribution in [1.82, 2.24) is 15.5 Å². The Hall–Kier alpha value is -1.87. The molecule has 0 spiro atoms. The van der Waals surface area contributed by atoms with E-state index < -0.39 is 15.1 Å². The minimum atomic E-state index is -2.93. The van der Waals surface area contributed by atoms with Gasteiger partial charge in [-0.05, 0) is 42.5 Å². The molecule has 1 aromatic heterocycles. The standard InChI is InChI=1S/C18H21N3O4S2/c22-17(19-14-6-7-14)16(13-4-2-1-3-5-13)26-18-21-20-15(25-18)10-12-8-9-27(23,24)11-12/h1-5,12,14,16H,6-11H2,(H,19,22)/t12-,16+/m0/s1. The Labute approximate surface area is 162 Å². The number of rotatable bonds is 7. The Morgan fingerprint density at radius 1 is 1.22 bits per heavy atom. The van der Waals surface area contributed by atoms with Crippen LogP contribution in [0.2, 0.25) is 0 Å². The summed E-state index contributed by atoms with van der Waals surface area (Å²) < 4.78 is 28.9. The molecule has 1 saturated heterocycles. The molecule has 1 aliphatic carbocycles. The van der Waals surface area contributed by atoms with Crippen molar-refractivity contribution in [3.63, 3.8) is 0 Å². The quantitative estimate of drug-likeness (QED) is 0.702. The van der Waals surface area contributed by atoms with Gasteiger partial charge in [0.1, 0.15) is 5.25 Å². The van der Waals surface area contributed by atoms with E-state index in [1.54, 1.807) is 0 Å². The van der Waals surface area contributed by atoms with Gasteiger partial charge in [-0.2, -0.15) is 0 Å². The van der Waals surface area contributed by atoms with Gasteiger partial charge in [-0.25, -0.2) is 8.42 Å². The fourth-order valence-corrected chi connectivity index (χ4v) is 5.92. The molecular weight excluding hydrogens is 386 g/mol. The number of aromatic nitrogens is 2. The van der Waals surface area contributed by atoms with E-state index in [4.69, 9.17) is 4.42 Å². The number of sulfone groups is 1. The minimum absolute atomic E-state index is 0.0244. The normalized spacial score (nSPS) is 22.4. The van der Waals surface area contributed by atoms with Crippen molar-refractivity contribution in [2.24, 2.45) is 5.92 Å². The van der Waals surface area contributed by atoms with Gasteiger partial charge in [-0.15, -0.1) is 10.2 Å². The summed E-state index contributed by atoms with van der Waals surface area (Å²) in [6.45, 7) is 0. The van der Waals surface area contributed by atoms with Crippen molar-refractivity contribution < 1.29 is 17.6 Å². The van der Waals surface area contributed by atoms with Crippen LogP contribution in [0.5, 0.6) is 0 Å². The maximum absolute atomic E-state index is 12.7. The SMILES string of the molecule is O=C(NC1CC1)[C@H](Sc1nnc(C[C@@H]2CCS(=O)(=O)C2)o1)c1ccccc1. The van der Waals surface area contributed by atoms with Crippen LogP contribution in [0.15, 0.2) is 40.0 Å². The van der Waals surface area contributed by atoms with Gasteiger partial charge in [0.05, 0.1) is 11.5 Å². The monoisotopic (exact) mass is 407 g/mol. The molecule has 2 atom stereocenters. The summed E-state index contributed by atoms with van der Waals surface area (Å²) in [6, 6.07) is 9.78. The Morgan fingerprint density at radius 2 is 2.00 bits per heavy atom. The van der Waals surface area contributed by atoms with E-state index in [-0.39, 0.29) is 29.4 Å². The molecule has 144 valence electrons. The number of carbonyl (C=O) groups is 1. The highest BCUT2D eigenvalue weighted by Crippen LogP contribution is 2.36. The van der Waals surface area contributed by atoms with Crippen LogP contribution in [0.3, 0.4) is 0 Å². The number of thioether (sulfide) groups is 1. The molecule has 7 nitrogen and oxygen atoms in total. The Bertz CT molecular complexity index is 910. The van der Waals surface area contributed by atoms with E-state index in [0.717, 1.165) is 18.4 Å². The third-order valence-electron chi connectivity index (χ3n) is 4.72. The highest BCUT2D eigenvalue weighted by Gasteiger charge is 2.32. The number of carbonyl (C=O) groups excluding carboxylic acids is 1. The Balaban J connectivity index is 1.45. The van der Waals surface area contributed by atoms with E-state index in [1.807, 2.05) is 30.3 Å². The van der Waals surface area contributed by atoms with Crippen LogP contribution in [0.25, 0.3) is 0 Å². The van der Waals surface area contributed by atoms with E-state index in [0.29, 0.717) is 24.0 Å². The van der Waals surface area contributed by atoms with Crippen LogP contribution in [-0.4, -0.2) is 42.1 Å². The maximum Gasteiger partial charge on any atom is 0.277 e. The molecule has 2 aliphatic rings. The summed E-state index contributed by atoms with van der Waals surface area (Å²) >= 11 is 1.23. The van der Waals surface area contributed by atoms with Crippen LogP contribution < -0.4 is 5.32 Å². The third-order valence-corrected chi connectivity index (χ3v) is 7.65. The second-order valence-electron chi connectivity index (χ2n) is 7.13. The number of nitrogens with one attached hydrogen (secondary N) is 1. The van der Waals surface area contributed by atoms with Crippen LogP contribution in [0.1, 0.15) is 36.0 Å². The summed E-state index contributed by atoms with van der Waals surface area (Å²) in [5.41, 5.74) is 0.877.